The number of hydrogen-bond donors (Lipinski definition) is 2. The highest BCUT2D eigenvalue weighted by atomic mass is 32.2. The maximum absolute atomic E-state index is 10.7. The van der Waals surface area contributed by atoms with Crippen LogP contribution in [-0.4, -0.2) is 30.7 Å². The van der Waals surface area contributed by atoms with Crippen molar-refractivity contribution in [3.63, 3.8) is 0 Å². The standard InChI is InChI=1S/C5H6N2O4S2/c1-13(10,11)7-5-6-3(2-12-5)4(8)9/h2H,1H3,(H,6,7)(H,8,9). The summed E-state index contributed by atoms with van der Waals surface area (Å²) >= 11 is 0.923. The van der Waals surface area contributed by atoms with E-state index in [1.54, 1.807) is 0 Å². The summed E-state index contributed by atoms with van der Waals surface area (Å²) in [5, 5.41) is 9.78. The molecule has 0 unspecified atom stereocenters. The van der Waals surface area contributed by atoms with Crippen LogP contribution in [0.5, 0.6) is 0 Å². The molecule has 0 atom stereocenters. The molecule has 0 fully saturated rings. The Kier molecular flexibility index (Phi) is 2.52. The van der Waals surface area contributed by atoms with Crippen LogP contribution in [0.2, 0.25) is 0 Å². The number of hydrogen-bond acceptors (Lipinski definition) is 5. The Labute approximate surface area is 78.3 Å². The summed E-state index contributed by atoms with van der Waals surface area (Å²) in [4.78, 5) is 13.9. The predicted molar refractivity (Wildman–Crippen MR) is 47.5 cm³/mol. The molecule has 0 saturated carbocycles. The molecule has 1 aromatic rings. The van der Waals surface area contributed by atoms with Crippen LogP contribution in [0.4, 0.5) is 5.13 Å². The van der Waals surface area contributed by atoms with E-state index in [-0.39, 0.29) is 10.8 Å². The summed E-state index contributed by atoms with van der Waals surface area (Å²) in [5.41, 5.74) is -0.170. The Balaban J connectivity index is 2.87. The fraction of sp³-hybridized carbons (Fsp3) is 0.200. The van der Waals surface area contributed by atoms with Gasteiger partial charge in [0.15, 0.2) is 10.8 Å². The normalized spacial score (nSPS) is 11.2. The summed E-state index contributed by atoms with van der Waals surface area (Å²) in [6.45, 7) is 0. The van der Waals surface area contributed by atoms with Gasteiger partial charge in [0, 0.05) is 5.38 Å². The molecule has 0 saturated heterocycles. The average Bonchev–Trinajstić information content (AvgIpc) is 2.31. The van der Waals surface area contributed by atoms with E-state index >= 15 is 0 Å². The van der Waals surface area contributed by atoms with Crippen molar-refractivity contribution in [3.8, 4) is 0 Å². The van der Waals surface area contributed by atoms with Crippen molar-refractivity contribution < 1.29 is 18.3 Å². The van der Waals surface area contributed by atoms with E-state index < -0.39 is 16.0 Å². The second-order valence-corrected chi connectivity index (χ2v) is 4.82. The van der Waals surface area contributed by atoms with Crippen LogP contribution in [0.25, 0.3) is 0 Å². The van der Waals surface area contributed by atoms with Gasteiger partial charge in [0.25, 0.3) is 0 Å². The minimum atomic E-state index is -3.38. The van der Waals surface area contributed by atoms with Crippen molar-refractivity contribution in [2.75, 3.05) is 11.0 Å². The Morgan fingerprint density at radius 3 is 2.69 bits per heavy atom. The van der Waals surface area contributed by atoms with E-state index in [1.165, 1.54) is 5.38 Å². The number of aromatic nitrogens is 1. The number of thiazole rings is 1. The number of nitrogens with one attached hydrogen (secondary N) is 1. The van der Waals surface area contributed by atoms with E-state index in [2.05, 4.69) is 9.71 Å². The highest BCUT2D eigenvalue weighted by molar-refractivity contribution is 7.92. The van der Waals surface area contributed by atoms with Crippen LogP contribution in [0.3, 0.4) is 0 Å². The van der Waals surface area contributed by atoms with Gasteiger partial charge in [-0.2, -0.15) is 0 Å². The highest BCUT2D eigenvalue weighted by Gasteiger charge is 2.10. The highest BCUT2D eigenvalue weighted by Crippen LogP contribution is 2.15. The summed E-state index contributed by atoms with van der Waals surface area (Å²) in [5.74, 6) is -1.18. The zero-order chi connectivity index (χ0) is 10.1. The van der Waals surface area contributed by atoms with Crippen LogP contribution in [-0.2, 0) is 10.0 Å². The molecule has 0 amide bonds. The molecule has 72 valence electrons. The Morgan fingerprint density at radius 2 is 2.31 bits per heavy atom. The van der Waals surface area contributed by atoms with Crippen molar-refractivity contribution in [2.24, 2.45) is 0 Å². The molecule has 0 spiro atoms. The van der Waals surface area contributed by atoms with E-state index in [1.807, 2.05) is 0 Å². The van der Waals surface area contributed by atoms with E-state index in [4.69, 9.17) is 5.11 Å². The number of rotatable bonds is 3. The Bertz CT molecular complexity index is 421. The monoisotopic (exact) mass is 222 g/mol. The molecule has 0 aliphatic carbocycles. The van der Waals surface area contributed by atoms with E-state index in [9.17, 15) is 13.2 Å². The van der Waals surface area contributed by atoms with Gasteiger partial charge >= 0.3 is 5.97 Å². The summed E-state index contributed by atoms with van der Waals surface area (Å²) in [6, 6.07) is 0. The fourth-order valence-electron chi connectivity index (χ4n) is 0.577. The van der Waals surface area contributed by atoms with Crippen LogP contribution in [0.1, 0.15) is 10.5 Å². The number of anilines is 1. The molecular weight excluding hydrogens is 216 g/mol. The van der Waals surface area contributed by atoms with Crippen LogP contribution in [0.15, 0.2) is 5.38 Å². The topological polar surface area (TPSA) is 96.4 Å². The third-order valence-electron chi connectivity index (χ3n) is 0.996. The molecule has 2 N–H and O–H groups in total. The smallest absolute Gasteiger partial charge is 0.355 e. The maximum Gasteiger partial charge on any atom is 0.355 e. The zero-order valence-corrected chi connectivity index (χ0v) is 8.15. The van der Waals surface area contributed by atoms with Gasteiger partial charge in [-0.1, -0.05) is 0 Å². The summed E-state index contributed by atoms with van der Waals surface area (Å²) in [6.07, 6.45) is 0.967. The second kappa shape index (κ2) is 3.30. The van der Waals surface area contributed by atoms with Gasteiger partial charge in [-0.25, -0.2) is 18.2 Å². The Morgan fingerprint density at radius 1 is 1.69 bits per heavy atom. The average molecular weight is 222 g/mol. The minimum Gasteiger partial charge on any atom is -0.476 e. The quantitative estimate of drug-likeness (QED) is 0.762. The zero-order valence-electron chi connectivity index (χ0n) is 6.51. The molecule has 0 aromatic carbocycles. The van der Waals surface area contributed by atoms with Gasteiger partial charge in [0.1, 0.15) is 0 Å². The first kappa shape index (κ1) is 9.93. The van der Waals surface area contributed by atoms with Crippen molar-refractivity contribution >= 4 is 32.5 Å². The molecule has 6 nitrogen and oxygen atoms in total. The van der Waals surface area contributed by atoms with Gasteiger partial charge in [-0.05, 0) is 0 Å². The van der Waals surface area contributed by atoms with Gasteiger partial charge in [0.2, 0.25) is 10.0 Å². The first-order valence-corrected chi connectivity index (χ1v) is 5.82. The lowest BCUT2D eigenvalue weighted by molar-refractivity contribution is 0.0691. The van der Waals surface area contributed by atoms with Crippen molar-refractivity contribution in [3.05, 3.63) is 11.1 Å². The number of nitrogens with zero attached hydrogens (tertiary/aromatic N) is 1. The van der Waals surface area contributed by atoms with Crippen LogP contribution < -0.4 is 4.72 Å². The lowest BCUT2D eigenvalue weighted by Crippen LogP contribution is -2.09. The first-order valence-electron chi connectivity index (χ1n) is 3.05. The molecule has 1 heterocycles. The Hall–Kier alpha value is -1.15. The van der Waals surface area contributed by atoms with E-state index in [0.29, 0.717) is 0 Å². The van der Waals surface area contributed by atoms with Gasteiger partial charge in [-0.3, -0.25) is 4.72 Å². The fourth-order valence-corrected chi connectivity index (χ4v) is 2.11. The minimum absolute atomic E-state index is 0.0555. The van der Waals surface area contributed by atoms with Gasteiger partial charge in [-0.15, -0.1) is 11.3 Å². The lowest BCUT2D eigenvalue weighted by Gasteiger charge is -1.95. The number of sulfonamides is 1. The molecule has 13 heavy (non-hydrogen) atoms. The largest absolute Gasteiger partial charge is 0.476 e. The third kappa shape index (κ3) is 2.99. The number of carboxylic acid groups (broad SMARTS) is 1. The van der Waals surface area contributed by atoms with E-state index in [0.717, 1.165) is 17.6 Å². The van der Waals surface area contributed by atoms with Crippen molar-refractivity contribution in [1.82, 2.24) is 4.98 Å². The van der Waals surface area contributed by atoms with Gasteiger partial charge < -0.3 is 5.11 Å². The number of carboxylic acids is 1. The molecule has 0 bridgehead atoms. The number of aromatic carboxylic acids is 1. The molecule has 1 rings (SSSR count). The predicted octanol–water partition coefficient (Wildman–Crippen LogP) is 0.213. The second-order valence-electron chi connectivity index (χ2n) is 2.22. The third-order valence-corrected chi connectivity index (χ3v) is 2.45. The summed E-state index contributed by atoms with van der Waals surface area (Å²) in [7, 11) is -3.38. The molecule has 0 radical (unpaired) electrons. The maximum atomic E-state index is 10.7. The van der Waals surface area contributed by atoms with Crippen molar-refractivity contribution in [2.45, 2.75) is 0 Å². The molecule has 0 aliphatic heterocycles. The first-order chi connectivity index (χ1) is 5.88. The molecule has 8 heteroatoms. The molecular formula is C5H6N2O4S2. The lowest BCUT2D eigenvalue weighted by atomic mass is 10.5. The SMILES string of the molecule is CS(=O)(=O)Nc1nc(C(=O)O)cs1. The molecule has 1 aromatic heterocycles. The van der Waals surface area contributed by atoms with Crippen LogP contribution >= 0.6 is 11.3 Å². The molecule has 0 aliphatic rings. The van der Waals surface area contributed by atoms with Crippen molar-refractivity contribution in [1.29, 1.82) is 0 Å². The van der Waals surface area contributed by atoms with Crippen LogP contribution in [0, 0.1) is 0 Å². The summed E-state index contributed by atoms with van der Waals surface area (Å²) < 4.78 is 23.4. The van der Waals surface area contributed by atoms with Gasteiger partial charge in [0.05, 0.1) is 6.26 Å². The number of carbonyl (C=O) groups is 1.